The molecule has 1 amide bonds. The van der Waals surface area contributed by atoms with Gasteiger partial charge in [0.15, 0.2) is 5.66 Å². The maximum Gasteiger partial charge on any atom is 0.234 e. The maximum atomic E-state index is 12.8. The van der Waals surface area contributed by atoms with Crippen molar-refractivity contribution in [3.05, 3.63) is 70.8 Å². The zero-order valence-corrected chi connectivity index (χ0v) is 21.4. The minimum Gasteiger partial charge on any atom is -0.324 e. The van der Waals surface area contributed by atoms with Gasteiger partial charge in [0.1, 0.15) is 5.04 Å². The van der Waals surface area contributed by atoms with Crippen molar-refractivity contribution in [3.63, 3.8) is 0 Å². The minimum absolute atomic E-state index is 0.116. The first-order valence-electron chi connectivity index (χ1n) is 11.4. The summed E-state index contributed by atoms with van der Waals surface area (Å²) in [7, 11) is 11.7. The summed E-state index contributed by atoms with van der Waals surface area (Å²) in [5.74, 6) is -0.374. The van der Waals surface area contributed by atoms with E-state index < -0.39 is 11.5 Å². The predicted molar refractivity (Wildman–Crippen MR) is 150 cm³/mol. The Kier molecular flexibility index (Phi) is 7.14. The average Bonchev–Trinajstić information content (AvgIpc) is 3.21. The molecule has 0 unspecified atom stereocenters. The van der Waals surface area contributed by atoms with E-state index in [9.17, 15) is 4.79 Å². The van der Waals surface area contributed by atoms with Crippen LogP contribution in [0.25, 0.3) is 10.9 Å². The second-order valence-corrected chi connectivity index (χ2v) is 10.5. The fourth-order valence-corrected chi connectivity index (χ4v) is 5.43. The smallest absolute Gasteiger partial charge is 0.234 e. The number of aromatic nitrogens is 1. The number of benzene rings is 2. The van der Waals surface area contributed by atoms with E-state index in [1.54, 1.807) is 6.20 Å². The molecule has 1 spiro atoms. The molecule has 0 saturated carbocycles. The molecule has 5 rings (SSSR count). The first-order chi connectivity index (χ1) is 16.9. The van der Waals surface area contributed by atoms with Gasteiger partial charge in [0.2, 0.25) is 5.91 Å². The van der Waals surface area contributed by atoms with Crippen molar-refractivity contribution in [1.82, 2.24) is 9.88 Å². The lowest BCUT2D eigenvalue weighted by molar-refractivity contribution is -0.113. The standard InChI is InChI=1S/C25H22B2BrN5OS/c26-24(27)33-11-9-25(10-12-33)31-22(16-5-7-18(28)8-6-16)23(32-25)35-15-21(34)30-19-13-17-3-1-2-4-20(17)29-14-19/h1-8,13-14,24H,9-12,15H2,(H,30,34). The Bertz CT molecular complexity index is 1310. The number of hydrogen-bond donors (Lipinski definition) is 1. The molecule has 35 heavy (non-hydrogen) atoms. The summed E-state index contributed by atoms with van der Waals surface area (Å²) in [5.41, 5.74) is 2.84. The van der Waals surface area contributed by atoms with Gasteiger partial charge in [0, 0.05) is 41.4 Å². The lowest BCUT2D eigenvalue weighted by Gasteiger charge is -2.38. The van der Waals surface area contributed by atoms with E-state index in [4.69, 9.17) is 25.7 Å². The molecule has 3 aromatic rings. The van der Waals surface area contributed by atoms with Crippen molar-refractivity contribution >= 4 is 76.6 Å². The number of amides is 1. The largest absolute Gasteiger partial charge is 0.324 e. The molecule has 1 saturated heterocycles. The lowest BCUT2D eigenvalue weighted by atomic mass is 9.76. The fraction of sp³-hybridized carbons (Fsp3) is 0.280. The number of aliphatic imine (C=N–C) groups is 2. The van der Waals surface area contributed by atoms with Gasteiger partial charge in [-0.1, -0.05) is 63.9 Å². The molecule has 3 heterocycles. The number of pyridine rings is 1. The summed E-state index contributed by atoms with van der Waals surface area (Å²) in [6, 6.07) is 17.8. The van der Waals surface area contributed by atoms with Crippen molar-refractivity contribution in [2.45, 2.75) is 24.3 Å². The molecule has 1 fully saturated rings. The highest BCUT2D eigenvalue weighted by Crippen LogP contribution is 2.36. The molecule has 172 valence electrons. The number of carbonyl (C=O) groups is 1. The highest BCUT2D eigenvalue weighted by molar-refractivity contribution is 9.10. The molecule has 1 N–H and O–H groups in total. The van der Waals surface area contributed by atoms with Crippen LogP contribution in [0.3, 0.4) is 0 Å². The van der Waals surface area contributed by atoms with Gasteiger partial charge in [0.05, 0.1) is 44.6 Å². The van der Waals surface area contributed by atoms with Crippen LogP contribution in [0.4, 0.5) is 5.69 Å². The number of thioether (sulfide) groups is 1. The molecular formula is C25H22B2BrN5OS. The van der Waals surface area contributed by atoms with Gasteiger partial charge in [-0.05, 0) is 24.3 Å². The first-order valence-corrected chi connectivity index (χ1v) is 13.2. The van der Waals surface area contributed by atoms with Crippen LogP contribution in [0.1, 0.15) is 18.4 Å². The summed E-state index contributed by atoms with van der Waals surface area (Å²) >= 11 is 4.90. The first kappa shape index (κ1) is 24.3. The number of para-hydroxylation sites is 1. The lowest BCUT2D eigenvalue weighted by Crippen LogP contribution is -2.46. The van der Waals surface area contributed by atoms with E-state index in [1.807, 2.05) is 59.5 Å². The van der Waals surface area contributed by atoms with Crippen LogP contribution in [-0.2, 0) is 4.79 Å². The van der Waals surface area contributed by atoms with Gasteiger partial charge >= 0.3 is 0 Å². The molecule has 2 aliphatic rings. The third kappa shape index (κ3) is 5.55. The number of piperidine rings is 1. The summed E-state index contributed by atoms with van der Waals surface area (Å²) in [6.07, 6.45) is 3.14. The average molecular weight is 542 g/mol. The van der Waals surface area contributed by atoms with Crippen LogP contribution in [0, 0.1) is 0 Å². The zero-order chi connectivity index (χ0) is 24.4. The van der Waals surface area contributed by atoms with Crippen LogP contribution < -0.4 is 5.32 Å². The van der Waals surface area contributed by atoms with Gasteiger partial charge in [-0.15, -0.1) is 0 Å². The summed E-state index contributed by atoms with van der Waals surface area (Å²) in [4.78, 5) is 29.3. The van der Waals surface area contributed by atoms with Crippen LogP contribution in [0.15, 0.2) is 75.3 Å². The third-order valence-corrected chi connectivity index (χ3v) is 7.68. The molecule has 10 heteroatoms. The van der Waals surface area contributed by atoms with Crippen LogP contribution in [0.2, 0.25) is 0 Å². The van der Waals surface area contributed by atoms with Crippen LogP contribution >= 0.6 is 27.7 Å². The Balaban J connectivity index is 1.31. The Labute approximate surface area is 220 Å². The molecule has 6 nitrogen and oxygen atoms in total. The van der Waals surface area contributed by atoms with Crippen molar-refractivity contribution < 1.29 is 4.79 Å². The highest BCUT2D eigenvalue weighted by Gasteiger charge is 2.40. The Hall–Kier alpha value is -2.42. The molecule has 0 aliphatic carbocycles. The monoisotopic (exact) mass is 541 g/mol. The summed E-state index contributed by atoms with van der Waals surface area (Å²) in [6.45, 7) is 1.46. The fourth-order valence-electron chi connectivity index (χ4n) is 4.29. The Morgan fingerprint density at radius 1 is 1.11 bits per heavy atom. The van der Waals surface area contributed by atoms with E-state index in [1.165, 1.54) is 11.8 Å². The SMILES string of the molecule is [B]C([B])N1CCC2(CC1)N=C(SCC(=O)Nc1cnc3ccccc3c1)C(c1ccc(Br)cc1)=N2. The van der Waals surface area contributed by atoms with E-state index >= 15 is 0 Å². The second kappa shape index (κ2) is 10.3. The molecule has 0 bridgehead atoms. The van der Waals surface area contributed by atoms with Gasteiger partial charge in [-0.3, -0.25) is 14.8 Å². The summed E-state index contributed by atoms with van der Waals surface area (Å²) in [5, 5.41) is 4.71. The minimum atomic E-state index is -0.533. The number of rotatable bonds is 5. The molecule has 1 aromatic heterocycles. The zero-order valence-electron chi connectivity index (χ0n) is 19.0. The Morgan fingerprint density at radius 2 is 1.86 bits per heavy atom. The van der Waals surface area contributed by atoms with E-state index in [2.05, 4.69) is 26.2 Å². The normalized spacial score (nSPS) is 17.5. The maximum absolute atomic E-state index is 12.8. The molecule has 2 aliphatic heterocycles. The number of carbonyl (C=O) groups excluding carboxylic acids is 1. The van der Waals surface area contributed by atoms with Crippen molar-refractivity contribution in [3.8, 4) is 0 Å². The number of halogens is 1. The molecule has 4 radical (unpaired) electrons. The van der Waals surface area contributed by atoms with Crippen LogP contribution in [0.5, 0.6) is 0 Å². The predicted octanol–water partition coefficient (Wildman–Crippen LogP) is 3.98. The van der Waals surface area contributed by atoms with E-state index in [0.29, 0.717) is 5.69 Å². The van der Waals surface area contributed by atoms with Gasteiger partial charge in [-0.2, -0.15) is 0 Å². The van der Waals surface area contributed by atoms with Crippen LogP contribution in [-0.4, -0.2) is 72.6 Å². The number of hydrogen-bond acceptors (Lipinski definition) is 6. The van der Waals surface area contributed by atoms with E-state index in [-0.39, 0.29) is 11.7 Å². The van der Waals surface area contributed by atoms with Gasteiger partial charge in [0.25, 0.3) is 0 Å². The van der Waals surface area contributed by atoms with Gasteiger partial charge in [-0.25, -0.2) is 4.99 Å². The number of fused-ring (bicyclic) bond motifs is 1. The molecule has 0 atom stereocenters. The molecule has 2 aromatic carbocycles. The highest BCUT2D eigenvalue weighted by atomic mass is 79.9. The Morgan fingerprint density at radius 3 is 2.60 bits per heavy atom. The van der Waals surface area contributed by atoms with Crippen molar-refractivity contribution in [1.29, 1.82) is 0 Å². The number of nitrogens with zero attached hydrogens (tertiary/aromatic N) is 4. The topological polar surface area (TPSA) is 70.0 Å². The quantitative estimate of drug-likeness (QED) is 0.496. The van der Waals surface area contributed by atoms with Crippen molar-refractivity contribution in [2.24, 2.45) is 9.98 Å². The number of likely N-dealkylation sites (tertiary alicyclic amines) is 1. The van der Waals surface area contributed by atoms with E-state index in [0.717, 1.165) is 57.6 Å². The summed E-state index contributed by atoms with van der Waals surface area (Å²) < 4.78 is 0.995. The number of nitrogens with one attached hydrogen (secondary N) is 1. The third-order valence-electron chi connectivity index (χ3n) is 6.18. The van der Waals surface area contributed by atoms with Crippen molar-refractivity contribution in [2.75, 3.05) is 24.2 Å². The second-order valence-electron chi connectivity index (χ2n) is 8.65. The van der Waals surface area contributed by atoms with Gasteiger partial charge < -0.3 is 10.2 Å². The number of anilines is 1. The molecular weight excluding hydrogens is 520 g/mol.